The highest BCUT2D eigenvalue weighted by Crippen LogP contribution is 2.28. The summed E-state index contributed by atoms with van der Waals surface area (Å²) in [4.78, 5) is 12.5. The zero-order valence-corrected chi connectivity index (χ0v) is 17.9. The van der Waals surface area contributed by atoms with Gasteiger partial charge in [-0.2, -0.15) is 4.31 Å². The third-order valence-corrected chi connectivity index (χ3v) is 7.09. The second-order valence-corrected chi connectivity index (χ2v) is 8.94. The molecule has 0 atom stereocenters. The van der Waals surface area contributed by atoms with E-state index in [1.165, 1.54) is 22.5 Å². The van der Waals surface area contributed by atoms with Gasteiger partial charge in [-0.1, -0.05) is 56.3 Å². The number of anilines is 1. The van der Waals surface area contributed by atoms with Crippen LogP contribution in [-0.4, -0.2) is 36.8 Å². The van der Waals surface area contributed by atoms with Crippen LogP contribution in [0.4, 0.5) is 5.69 Å². The monoisotopic (exact) mass is 426 g/mol. The summed E-state index contributed by atoms with van der Waals surface area (Å²) < 4.78 is 26.7. The molecule has 0 aliphatic rings. The zero-order valence-electron chi connectivity index (χ0n) is 17.1. The Morgan fingerprint density at radius 2 is 1.67 bits per heavy atom. The molecule has 30 heavy (non-hydrogen) atoms. The van der Waals surface area contributed by atoms with E-state index in [9.17, 15) is 18.3 Å². The minimum atomic E-state index is -3.68. The SMILES string of the molecule is CCN(CC)S(=O)(=O)c1ccc(O)c(NC(=O)CCc2ccc3ccccc3c2)c1. The molecule has 0 spiro atoms. The summed E-state index contributed by atoms with van der Waals surface area (Å²) in [5.41, 5.74) is 1.12. The number of phenolic OH excluding ortho intramolecular Hbond substituents is 1. The van der Waals surface area contributed by atoms with Gasteiger partial charge < -0.3 is 10.4 Å². The van der Waals surface area contributed by atoms with Gasteiger partial charge in [0.15, 0.2) is 0 Å². The van der Waals surface area contributed by atoms with Gasteiger partial charge in [0.2, 0.25) is 15.9 Å². The Kier molecular flexibility index (Phi) is 6.74. The normalized spacial score (nSPS) is 11.7. The van der Waals surface area contributed by atoms with Crippen LogP contribution in [0.15, 0.2) is 65.6 Å². The Hall–Kier alpha value is -2.90. The molecule has 0 fully saturated rings. The Balaban J connectivity index is 1.71. The average Bonchev–Trinajstić information content (AvgIpc) is 2.74. The van der Waals surface area contributed by atoms with E-state index in [1.807, 2.05) is 36.4 Å². The molecule has 1 amide bonds. The number of hydrogen-bond acceptors (Lipinski definition) is 4. The number of phenols is 1. The number of amides is 1. The smallest absolute Gasteiger partial charge is 0.243 e. The number of benzene rings is 3. The van der Waals surface area contributed by atoms with Gasteiger partial charge in [0.05, 0.1) is 10.6 Å². The fourth-order valence-electron chi connectivity index (χ4n) is 3.35. The summed E-state index contributed by atoms with van der Waals surface area (Å²) in [6.07, 6.45) is 0.750. The molecule has 0 unspecified atom stereocenters. The first-order valence-electron chi connectivity index (χ1n) is 9.95. The first-order chi connectivity index (χ1) is 14.3. The second-order valence-electron chi connectivity index (χ2n) is 7.00. The van der Waals surface area contributed by atoms with Crippen molar-refractivity contribution in [3.05, 3.63) is 66.2 Å². The number of nitrogens with one attached hydrogen (secondary N) is 1. The van der Waals surface area contributed by atoms with Gasteiger partial charge in [0, 0.05) is 19.5 Å². The van der Waals surface area contributed by atoms with Gasteiger partial charge in [-0.25, -0.2) is 8.42 Å². The van der Waals surface area contributed by atoms with Crippen LogP contribution in [0.5, 0.6) is 5.75 Å². The van der Waals surface area contributed by atoms with Crippen LogP contribution in [0, 0.1) is 0 Å². The van der Waals surface area contributed by atoms with Gasteiger partial charge >= 0.3 is 0 Å². The molecule has 158 valence electrons. The number of aromatic hydroxyl groups is 1. The predicted molar refractivity (Wildman–Crippen MR) is 119 cm³/mol. The molecule has 0 aromatic heterocycles. The fourth-order valence-corrected chi connectivity index (χ4v) is 4.84. The first-order valence-corrected chi connectivity index (χ1v) is 11.4. The summed E-state index contributed by atoms with van der Waals surface area (Å²) >= 11 is 0. The number of rotatable bonds is 8. The van der Waals surface area contributed by atoms with E-state index in [4.69, 9.17) is 0 Å². The molecular formula is C23H26N2O4S. The van der Waals surface area contributed by atoms with Crippen LogP contribution < -0.4 is 5.32 Å². The summed E-state index contributed by atoms with van der Waals surface area (Å²) in [6.45, 7) is 4.20. The third-order valence-electron chi connectivity index (χ3n) is 5.04. The quantitative estimate of drug-likeness (QED) is 0.530. The maximum absolute atomic E-state index is 12.7. The maximum atomic E-state index is 12.7. The first kappa shape index (κ1) is 21.8. The molecule has 0 heterocycles. The van der Waals surface area contributed by atoms with Crippen molar-refractivity contribution in [1.29, 1.82) is 0 Å². The standard InChI is InChI=1S/C23H26N2O4S/c1-3-25(4-2)30(28,29)20-12-13-22(26)21(16-20)24-23(27)14-10-17-9-11-18-7-5-6-8-19(18)15-17/h5-9,11-13,15-16,26H,3-4,10,14H2,1-2H3,(H,24,27). The maximum Gasteiger partial charge on any atom is 0.243 e. The second kappa shape index (κ2) is 9.28. The highest BCUT2D eigenvalue weighted by atomic mass is 32.2. The van der Waals surface area contributed by atoms with Crippen LogP contribution in [0.3, 0.4) is 0 Å². The van der Waals surface area contributed by atoms with E-state index in [0.29, 0.717) is 19.5 Å². The summed E-state index contributed by atoms with van der Waals surface area (Å²) in [6, 6.07) is 18.0. The van der Waals surface area contributed by atoms with Crippen LogP contribution in [0.1, 0.15) is 25.8 Å². The molecule has 6 nitrogen and oxygen atoms in total. The molecule has 0 aliphatic heterocycles. The zero-order chi connectivity index (χ0) is 21.7. The summed E-state index contributed by atoms with van der Waals surface area (Å²) in [5, 5.41) is 15.0. The molecule has 0 aliphatic carbocycles. The number of aryl methyl sites for hydroxylation is 1. The van der Waals surface area contributed by atoms with Crippen LogP contribution in [-0.2, 0) is 21.2 Å². The number of fused-ring (bicyclic) bond motifs is 1. The van der Waals surface area contributed by atoms with E-state index < -0.39 is 10.0 Å². The molecule has 3 aromatic rings. The van der Waals surface area contributed by atoms with Crippen LogP contribution >= 0.6 is 0 Å². The van der Waals surface area contributed by atoms with E-state index in [2.05, 4.69) is 11.4 Å². The number of nitrogens with zero attached hydrogens (tertiary/aromatic N) is 1. The van der Waals surface area contributed by atoms with E-state index in [-0.39, 0.29) is 28.7 Å². The van der Waals surface area contributed by atoms with Crippen molar-refractivity contribution in [2.24, 2.45) is 0 Å². The molecule has 0 radical (unpaired) electrons. The lowest BCUT2D eigenvalue weighted by Gasteiger charge is -2.19. The Bertz CT molecular complexity index is 1150. The van der Waals surface area contributed by atoms with Gasteiger partial charge in [-0.05, 0) is 41.0 Å². The lowest BCUT2D eigenvalue weighted by Crippen LogP contribution is -2.30. The third kappa shape index (κ3) is 4.80. The van der Waals surface area contributed by atoms with Crippen molar-refractivity contribution >= 4 is 32.4 Å². The topological polar surface area (TPSA) is 86.7 Å². The van der Waals surface area contributed by atoms with E-state index in [1.54, 1.807) is 13.8 Å². The largest absolute Gasteiger partial charge is 0.506 e. The molecule has 2 N–H and O–H groups in total. The van der Waals surface area contributed by atoms with Crippen molar-refractivity contribution in [2.75, 3.05) is 18.4 Å². The van der Waals surface area contributed by atoms with Crippen molar-refractivity contribution in [2.45, 2.75) is 31.6 Å². The predicted octanol–water partition coefficient (Wildman–Crippen LogP) is 4.15. The lowest BCUT2D eigenvalue weighted by molar-refractivity contribution is -0.116. The van der Waals surface area contributed by atoms with E-state index in [0.717, 1.165) is 16.3 Å². The fraction of sp³-hybridized carbons (Fsp3) is 0.261. The number of hydrogen-bond donors (Lipinski definition) is 2. The van der Waals surface area contributed by atoms with Crippen molar-refractivity contribution < 1.29 is 18.3 Å². The van der Waals surface area contributed by atoms with Crippen LogP contribution in [0.25, 0.3) is 10.8 Å². The molecular weight excluding hydrogens is 400 g/mol. The van der Waals surface area contributed by atoms with Gasteiger partial charge in [-0.3, -0.25) is 4.79 Å². The Labute approximate surface area is 177 Å². The summed E-state index contributed by atoms with van der Waals surface area (Å²) in [7, 11) is -3.68. The van der Waals surface area contributed by atoms with Crippen molar-refractivity contribution in [3.63, 3.8) is 0 Å². The van der Waals surface area contributed by atoms with Crippen molar-refractivity contribution in [1.82, 2.24) is 4.31 Å². The van der Waals surface area contributed by atoms with Crippen molar-refractivity contribution in [3.8, 4) is 5.75 Å². The minimum absolute atomic E-state index is 0.0360. The molecule has 7 heteroatoms. The molecule has 3 rings (SSSR count). The average molecular weight is 427 g/mol. The number of carbonyl (C=O) groups is 1. The lowest BCUT2D eigenvalue weighted by atomic mass is 10.0. The Morgan fingerprint density at radius 1 is 0.967 bits per heavy atom. The van der Waals surface area contributed by atoms with Gasteiger partial charge in [0.25, 0.3) is 0 Å². The highest BCUT2D eigenvalue weighted by Gasteiger charge is 2.23. The molecule has 0 saturated heterocycles. The summed E-state index contributed by atoms with van der Waals surface area (Å²) in [5.74, 6) is -0.469. The number of sulfonamides is 1. The highest BCUT2D eigenvalue weighted by molar-refractivity contribution is 7.89. The van der Waals surface area contributed by atoms with Gasteiger partial charge in [0.1, 0.15) is 5.75 Å². The minimum Gasteiger partial charge on any atom is -0.506 e. The molecule has 0 saturated carbocycles. The Morgan fingerprint density at radius 3 is 2.37 bits per heavy atom. The molecule has 3 aromatic carbocycles. The van der Waals surface area contributed by atoms with Gasteiger partial charge in [-0.15, -0.1) is 0 Å². The molecule has 0 bridgehead atoms. The van der Waals surface area contributed by atoms with E-state index >= 15 is 0 Å². The van der Waals surface area contributed by atoms with Crippen LogP contribution in [0.2, 0.25) is 0 Å². The number of carbonyl (C=O) groups excluding carboxylic acids is 1.